The van der Waals surface area contributed by atoms with E-state index in [1.807, 2.05) is 13.8 Å². The van der Waals surface area contributed by atoms with Crippen LogP contribution in [0, 0.1) is 6.92 Å². The van der Waals surface area contributed by atoms with Crippen LogP contribution in [0.3, 0.4) is 0 Å². The Kier molecular flexibility index (Phi) is 4.20. The maximum atomic E-state index is 6.12. The van der Waals surface area contributed by atoms with E-state index in [1.54, 1.807) is 0 Å². The van der Waals surface area contributed by atoms with E-state index < -0.39 is 8.32 Å². The van der Waals surface area contributed by atoms with Gasteiger partial charge in [0.25, 0.3) is 0 Å². The van der Waals surface area contributed by atoms with Gasteiger partial charge in [0.2, 0.25) is 0 Å². The van der Waals surface area contributed by atoms with Gasteiger partial charge in [-0.05, 0) is 25.1 Å². The van der Waals surface area contributed by atoms with Crippen molar-refractivity contribution >= 4 is 8.32 Å². The Morgan fingerprint density at radius 2 is 1.88 bits per heavy atom. The summed E-state index contributed by atoms with van der Waals surface area (Å²) in [4.78, 5) is 4.36. The summed E-state index contributed by atoms with van der Waals surface area (Å²) in [5.74, 6) is 1.68. The zero-order valence-corrected chi connectivity index (χ0v) is 13.2. The molecule has 0 radical (unpaired) electrons. The summed E-state index contributed by atoms with van der Waals surface area (Å²) in [6, 6.07) is 0. The average molecular weight is 255 g/mol. The Hall–Kier alpha value is -0.613. The summed E-state index contributed by atoms with van der Waals surface area (Å²) in [5, 5.41) is 0.231. The van der Waals surface area contributed by atoms with Crippen molar-refractivity contribution in [2.45, 2.75) is 65.8 Å². The van der Waals surface area contributed by atoms with Crippen LogP contribution < -0.4 is 0 Å². The van der Waals surface area contributed by atoms with Crippen LogP contribution in [0.2, 0.25) is 18.1 Å². The van der Waals surface area contributed by atoms with Crippen LogP contribution in [-0.4, -0.2) is 13.3 Å². The monoisotopic (exact) mass is 255 g/mol. The molecule has 1 rings (SSSR count). The number of hydrogen-bond donors (Lipinski definition) is 0. The summed E-state index contributed by atoms with van der Waals surface area (Å²) >= 11 is 0. The number of oxazole rings is 1. The number of aryl methyl sites for hydroxylation is 2. The lowest BCUT2D eigenvalue weighted by Crippen LogP contribution is -2.40. The van der Waals surface area contributed by atoms with Crippen molar-refractivity contribution in [3.8, 4) is 0 Å². The molecule has 3 nitrogen and oxygen atoms in total. The first-order valence-corrected chi connectivity index (χ1v) is 9.17. The fraction of sp³-hybridized carbons (Fsp3) is 0.769. The number of aromatic nitrogens is 1. The minimum Gasteiger partial charge on any atom is -0.443 e. The molecule has 0 bridgehead atoms. The van der Waals surface area contributed by atoms with E-state index in [0.29, 0.717) is 6.61 Å². The van der Waals surface area contributed by atoms with Crippen LogP contribution in [0.4, 0.5) is 0 Å². The Morgan fingerprint density at radius 3 is 2.29 bits per heavy atom. The van der Waals surface area contributed by atoms with E-state index in [4.69, 9.17) is 8.84 Å². The predicted octanol–water partition coefficient (Wildman–Crippen LogP) is 4.07. The Bertz CT molecular complexity index is 377. The van der Waals surface area contributed by atoms with Gasteiger partial charge in [0.1, 0.15) is 0 Å². The molecule has 1 aromatic heterocycles. The second kappa shape index (κ2) is 4.94. The molecule has 0 aliphatic rings. The van der Waals surface area contributed by atoms with Gasteiger partial charge in [0.15, 0.2) is 20.0 Å². The molecule has 0 aromatic carbocycles. The lowest BCUT2D eigenvalue weighted by atomic mass is 10.2. The Morgan fingerprint density at radius 1 is 1.29 bits per heavy atom. The van der Waals surface area contributed by atoms with Gasteiger partial charge in [0, 0.05) is 6.42 Å². The van der Waals surface area contributed by atoms with Crippen molar-refractivity contribution in [3.05, 3.63) is 17.3 Å². The SMILES string of the molecule is CCc1nc(C)c(CO[Si](C)(C)C(C)(C)C)o1. The van der Waals surface area contributed by atoms with Crippen molar-refractivity contribution in [3.63, 3.8) is 0 Å². The van der Waals surface area contributed by atoms with E-state index in [0.717, 1.165) is 23.8 Å². The number of rotatable bonds is 4. The summed E-state index contributed by atoms with van der Waals surface area (Å²) in [6.45, 7) is 15.8. The molecule has 0 amide bonds. The maximum Gasteiger partial charge on any atom is 0.194 e. The van der Waals surface area contributed by atoms with E-state index in [1.165, 1.54) is 0 Å². The molecular formula is C13H25NO2Si. The normalized spacial score (nSPS) is 13.1. The quantitative estimate of drug-likeness (QED) is 0.761. The highest BCUT2D eigenvalue weighted by Crippen LogP contribution is 2.37. The molecule has 1 heterocycles. The van der Waals surface area contributed by atoms with Gasteiger partial charge in [-0.3, -0.25) is 0 Å². The highest BCUT2D eigenvalue weighted by molar-refractivity contribution is 6.74. The minimum absolute atomic E-state index is 0.231. The molecule has 4 heteroatoms. The van der Waals surface area contributed by atoms with Gasteiger partial charge in [-0.2, -0.15) is 0 Å². The van der Waals surface area contributed by atoms with Crippen LogP contribution in [0.25, 0.3) is 0 Å². The molecular weight excluding hydrogens is 230 g/mol. The van der Waals surface area contributed by atoms with E-state index in [2.05, 4.69) is 38.8 Å². The highest BCUT2D eigenvalue weighted by atomic mass is 28.4. The van der Waals surface area contributed by atoms with Crippen LogP contribution in [0.1, 0.15) is 45.0 Å². The van der Waals surface area contributed by atoms with Crippen molar-refractivity contribution < 1.29 is 8.84 Å². The van der Waals surface area contributed by atoms with Gasteiger partial charge < -0.3 is 8.84 Å². The smallest absolute Gasteiger partial charge is 0.194 e. The zero-order chi connectivity index (χ0) is 13.3. The van der Waals surface area contributed by atoms with Crippen molar-refractivity contribution in [2.75, 3.05) is 0 Å². The summed E-state index contributed by atoms with van der Waals surface area (Å²) < 4.78 is 11.8. The van der Waals surface area contributed by atoms with Gasteiger partial charge in [-0.25, -0.2) is 4.98 Å². The molecule has 1 aromatic rings. The highest BCUT2D eigenvalue weighted by Gasteiger charge is 2.37. The number of nitrogens with zero attached hydrogens (tertiary/aromatic N) is 1. The molecule has 17 heavy (non-hydrogen) atoms. The average Bonchev–Trinajstić information content (AvgIpc) is 2.55. The lowest BCUT2D eigenvalue weighted by Gasteiger charge is -2.35. The molecule has 0 fully saturated rings. The molecule has 0 spiro atoms. The largest absolute Gasteiger partial charge is 0.443 e. The van der Waals surface area contributed by atoms with Crippen molar-refractivity contribution in [2.24, 2.45) is 0 Å². The topological polar surface area (TPSA) is 35.3 Å². The first-order chi connectivity index (χ1) is 7.67. The molecule has 0 saturated heterocycles. The second-order valence-corrected chi connectivity index (χ2v) is 10.8. The van der Waals surface area contributed by atoms with Crippen LogP contribution in [0.15, 0.2) is 4.42 Å². The maximum absolute atomic E-state index is 6.12. The van der Waals surface area contributed by atoms with Crippen LogP contribution >= 0.6 is 0 Å². The Balaban J connectivity index is 2.70. The van der Waals surface area contributed by atoms with E-state index in [-0.39, 0.29) is 5.04 Å². The molecule has 0 saturated carbocycles. The fourth-order valence-corrected chi connectivity index (χ4v) is 2.16. The first-order valence-electron chi connectivity index (χ1n) is 6.26. The molecule has 0 aliphatic carbocycles. The third-order valence-corrected chi connectivity index (χ3v) is 8.09. The molecule has 0 unspecified atom stereocenters. The van der Waals surface area contributed by atoms with E-state index in [9.17, 15) is 0 Å². The zero-order valence-electron chi connectivity index (χ0n) is 12.2. The molecule has 0 atom stereocenters. The standard InChI is InChI=1S/C13H25NO2Si/c1-8-12-14-10(2)11(16-12)9-15-17(6,7)13(3,4)5/h8-9H2,1-7H3. The van der Waals surface area contributed by atoms with Gasteiger partial charge in [-0.1, -0.05) is 27.7 Å². The van der Waals surface area contributed by atoms with E-state index >= 15 is 0 Å². The van der Waals surface area contributed by atoms with Crippen LogP contribution in [-0.2, 0) is 17.5 Å². The van der Waals surface area contributed by atoms with Crippen molar-refractivity contribution in [1.82, 2.24) is 4.98 Å². The molecule has 0 N–H and O–H groups in total. The summed E-state index contributed by atoms with van der Waals surface area (Å²) in [5.41, 5.74) is 0.959. The number of hydrogen-bond acceptors (Lipinski definition) is 3. The molecule has 0 aliphatic heterocycles. The molecule has 98 valence electrons. The van der Waals surface area contributed by atoms with Crippen LogP contribution in [0.5, 0.6) is 0 Å². The van der Waals surface area contributed by atoms with Gasteiger partial charge >= 0.3 is 0 Å². The van der Waals surface area contributed by atoms with Gasteiger partial charge in [0.05, 0.1) is 12.3 Å². The minimum atomic E-state index is -1.70. The first kappa shape index (κ1) is 14.4. The third kappa shape index (κ3) is 3.42. The van der Waals surface area contributed by atoms with Crippen molar-refractivity contribution in [1.29, 1.82) is 0 Å². The predicted molar refractivity (Wildman–Crippen MR) is 72.6 cm³/mol. The Labute approximate surface area is 106 Å². The third-order valence-electron chi connectivity index (χ3n) is 3.61. The second-order valence-electron chi connectivity index (χ2n) is 6.02. The lowest BCUT2D eigenvalue weighted by molar-refractivity contribution is 0.242. The van der Waals surface area contributed by atoms with Gasteiger partial charge in [-0.15, -0.1) is 0 Å². The fourth-order valence-electron chi connectivity index (χ4n) is 1.24. The summed E-state index contributed by atoms with van der Waals surface area (Å²) in [6.07, 6.45) is 0.834. The summed E-state index contributed by atoms with van der Waals surface area (Å²) in [7, 11) is -1.70.